The fourth-order valence-corrected chi connectivity index (χ4v) is 4.17. The van der Waals surface area contributed by atoms with Crippen LogP contribution in [0.15, 0.2) is 0 Å². The molecule has 0 aliphatic carbocycles. The van der Waals surface area contributed by atoms with Gasteiger partial charge < -0.3 is 9.47 Å². The SMILES string of the molecule is CCCOCCC(=O)C1CCOC2(CCSC2)C1. The highest BCUT2D eigenvalue weighted by atomic mass is 32.2. The van der Waals surface area contributed by atoms with Gasteiger partial charge >= 0.3 is 0 Å². The molecule has 2 aliphatic heterocycles. The van der Waals surface area contributed by atoms with Gasteiger partial charge in [0.1, 0.15) is 5.78 Å². The first kappa shape index (κ1) is 14.4. The predicted molar refractivity (Wildman–Crippen MR) is 74.1 cm³/mol. The minimum absolute atomic E-state index is 0.0213. The maximum absolute atomic E-state index is 12.2. The molecule has 2 saturated heterocycles. The molecule has 4 heteroatoms. The average Bonchev–Trinajstić information content (AvgIpc) is 2.82. The summed E-state index contributed by atoms with van der Waals surface area (Å²) in [5.74, 6) is 2.84. The number of Topliss-reactive ketones (excluding diaryl/α,β-unsaturated/α-hetero) is 1. The van der Waals surface area contributed by atoms with Crippen LogP contribution in [0.1, 0.15) is 39.0 Å². The lowest BCUT2D eigenvalue weighted by Crippen LogP contribution is -2.42. The third-order valence-corrected chi connectivity index (χ3v) is 5.08. The van der Waals surface area contributed by atoms with Gasteiger partial charge in [-0.2, -0.15) is 11.8 Å². The summed E-state index contributed by atoms with van der Waals surface area (Å²) in [6, 6.07) is 0. The first-order valence-electron chi connectivity index (χ1n) is 7.08. The van der Waals surface area contributed by atoms with Crippen molar-refractivity contribution in [1.82, 2.24) is 0 Å². The van der Waals surface area contributed by atoms with Crippen LogP contribution in [-0.2, 0) is 14.3 Å². The number of hydrogen-bond acceptors (Lipinski definition) is 4. The third-order valence-electron chi connectivity index (χ3n) is 3.86. The second-order valence-electron chi connectivity index (χ2n) is 5.35. The minimum Gasteiger partial charge on any atom is -0.381 e. The Hall–Kier alpha value is -0.0600. The van der Waals surface area contributed by atoms with Gasteiger partial charge in [0.15, 0.2) is 0 Å². The summed E-state index contributed by atoms with van der Waals surface area (Å²) >= 11 is 1.96. The fourth-order valence-electron chi connectivity index (χ4n) is 2.79. The van der Waals surface area contributed by atoms with Crippen molar-refractivity contribution in [3.8, 4) is 0 Å². The van der Waals surface area contributed by atoms with Gasteiger partial charge in [0, 0.05) is 31.3 Å². The Morgan fingerprint density at radius 3 is 3.11 bits per heavy atom. The number of carbonyl (C=O) groups is 1. The summed E-state index contributed by atoms with van der Waals surface area (Å²) in [6.45, 7) is 4.20. The highest BCUT2D eigenvalue weighted by Crippen LogP contribution is 2.40. The molecule has 1 spiro atoms. The summed E-state index contributed by atoms with van der Waals surface area (Å²) in [6.07, 6.45) is 4.55. The van der Waals surface area contributed by atoms with E-state index in [4.69, 9.17) is 9.47 Å². The van der Waals surface area contributed by atoms with Crippen molar-refractivity contribution in [2.75, 3.05) is 31.3 Å². The molecule has 2 atom stereocenters. The molecule has 2 rings (SSSR count). The topological polar surface area (TPSA) is 35.5 Å². The minimum atomic E-state index is 0.0213. The lowest BCUT2D eigenvalue weighted by Gasteiger charge is -2.37. The Balaban J connectivity index is 1.75. The van der Waals surface area contributed by atoms with E-state index in [1.54, 1.807) is 0 Å². The van der Waals surface area contributed by atoms with E-state index in [1.165, 1.54) is 5.75 Å². The van der Waals surface area contributed by atoms with Crippen LogP contribution in [0.3, 0.4) is 0 Å². The molecule has 2 aliphatic rings. The first-order valence-corrected chi connectivity index (χ1v) is 8.23. The second kappa shape index (κ2) is 6.92. The monoisotopic (exact) mass is 272 g/mol. The first-order chi connectivity index (χ1) is 8.76. The van der Waals surface area contributed by atoms with Gasteiger partial charge in [-0.25, -0.2) is 0 Å². The number of thioether (sulfide) groups is 1. The molecule has 0 aromatic heterocycles. The fraction of sp³-hybridized carbons (Fsp3) is 0.929. The zero-order chi connectivity index (χ0) is 12.8. The number of carbonyl (C=O) groups excluding carboxylic acids is 1. The van der Waals surface area contributed by atoms with E-state index >= 15 is 0 Å². The van der Waals surface area contributed by atoms with Crippen LogP contribution in [0.4, 0.5) is 0 Å². The number of ether oxygens (including phenoxy) is 2. The normalized spacial score (nSPS) is 31.9. The van der Waals surface area contributed by atoms with Crippen molar-refractivity contribution in [2.24, 2.45) is 5.92 Å². The highest BCUT2D eigenvalue weighted by molar-refractivity contribution is 7.99. The van der Waals surface area contributed by atoms with Crippen LogP contribution < -0.4 is 0 Å². The van der Waals surface area contributed by atoms with E-state index in [9.17, 15) is 4.79 Å². The van der Waals surface area contributed by atoms with E-state index in [1.807, 2.05) is 11.8 Å². The Kier molecular flexibility index (Phi) is 5.52. The van der Waals surface area contributed by atoms with E-state index in [0.717, 1.165) is 44.6 Å². The Labute approximate surface area is 114 Å². The van der Waals surface area contributed by atoms with Gasteiger partial charge in [-0.3, -0.25) is 4.79 Å². The summed E-state index contributed by atoms with van der Waals surface area (Å²) < 4.78 is 11.4. The highest BCUT2D eigenvalue weighted by Gasteiger charge is 2.42. The molecule has 0 aromatic rings. The maximum Gasteiger partial charge on any atom is 0.138 e. The summed E-state index contributed by atoms with van der Waals surface area (Å²) in [4.78, 5) is 12.2. The van der Waals surface area contributed by atoms with Gasteiger partial charge in [0.25, 0.3) is 0 Å². The van der Waals surface area contributed by atoms with Gasteiger partial charge in [-0.1, -0.05) is 6.92 Å². The molecule has 3 nitrogen and oxygen atoms in total. The van der Waals surface area contributed by atoms with Crippen LogP contribution in [0.2, 0.25) is 0 Å². The van der Waals surface area contributed by atoms with Crippen molar-refractivity contribution in [2.45, 2.75) is 44.6 Å². The summed E-state index contributed by atoms with van der Waals surface area (Å²) in [5, 5.41) is 0. The molecule has 18 heavy (non-hydrogen) atoms. The zero-order valence-electron chi connectivity index (χ0n) is 11.3. The largest absolute Gasteiger partial charge is 0.381 e. The van der Waals surface area contributed by atoms with Crippen LogP contribution in [0.25, 0.3) is 0 Å². The Morgan fingerprint density at radius 2 is 2.39 bits per heavy atom. The third kappa shape index (κ3) is 3.72. The molecule has 0 saturated carbocycles. The molecule has 0 amide bonds. The lowest BCUT2D eigenvalue weighted by molar-refractivity contribution is -0.135. The van der Waals surface area contributed by atoms with Crippen molar-refractivity contribution >= 4 is 17.5 Å². The molecule has 104 valence electrons. The molecular weight excluding hydrogens is 248 g/mol. The predicted octanol–water partition coefficient (Wildman–Crippen LogP) is 2.67. The van der Waals surface area contributed by atoms with Crippen LogP contribution in [-0.4, -0.2) is 42.7 Å². The molecule has 0 bridgehead atoms. The standard InChI is InChI=1S/C14H24O3S/c1-2-6-16-7-4-13(15)12-3-8-17-14(10-12)5-9-18-11-14/h12H,2-11H2,1H3. The van der Waals surface area contributed by atoms with Crippen LogP contribution >= 0.6 is 11.8 Å². The quantitative estimate of drug-likeness (QED) is 0.696. The van der Waals surface area contributed by atoms with Gasteiger partial charge in [-0.15, -0.1) is 0 Å². The number of rotatable bonds is 6. The van der Waals surface area contributed by atoms with E-state index in [2.05, 4.69) is 6.92 Å². The number of ketones is 1. The Morgan fingerprint density at radius 1 is 1.50 bits per heavy atom. The van der Waals surface area contributed by atoms with E-state index in [-0.39, 0.29) is 11.5 Å². The lowest BCUT2D eigenvalue weighted by atomic mass is 9.82. The van der Waals surface area contributed by atoms with E-state index < -0.39 is 0 Å². The summed E-state index contributed by atoms with van der Waals surface area (Å²) in [7, 11) is 0. The zero-order valence-corrected chi connectivity index (χ0v) is 12.1. The van der Waals surface area contributed by atoms with Gasteiger partial charge in [0.05, 0.1) is 12.2 Å². The van der Waals surface area contributed by atoms with Crippen molar-refractivity contribution in [3.05, 3.63) is 0 Å². The molecule has 2 heterocycles. The molecule has 0 aromatic carbocycles. The van der Waals surface area contributed by atoms with Crippen LogP contribution in [0.5, 0.6) is 0 Å². The summed E-state index contributed by atoms with van der Waals surface area (Å²) in [5.41, 5.74) is 0.0213. The van der Waals surface area contributed by atoms with Crippen molar-refractivity contribution in [3.63, 3.8) is 0 Å². The molecular formula is C14H24O3S. The molecule has 0 radical (unpaired) electrons. The molecule has 2 unspecified atom stereocenters. The van der Waals surface area contributed by atoms with Crippen LogP contribution in [0, 0.1) is 5.92 Å². The maximum atomic E-state index is 12.2. The number of hydrogen-bond donors (Lipinski definition) is 0. The van der Waals surface area contributed by atoms with Gasteiger partial charge in [-0.05, 0) is 31.4 Å². The average molecular weight is 272 g/mol. The molecule has 2 fully saturated rings. The smallest absolute Gasteiger partial charge is 0.138 e. The van der Waals surface area contributed by atoms with E-state index in [0.29, 0.717) is 18.8 Å². The molecule has 0 N–H and O–H groups in total. The van der Waals surface area contributed by atoms with Gasteiger partial charge in [0.2, 0.25) is 0 Å². The van der Waals surface area contributed by atoms with Crippen molar-refractivity contribution in [1.29, 1.82) is 0 Å². The van der Waals surface area contributed by atoms with Crippen molar-refractivity contribution < 1.29 is 14.3 Å². The second-order valence-corrected chi connectivity index (χ2v) is 6.46. The Bertz CT molecular complexity index is 274.